The van der Waals surface area contributed by atoms with E-state index < -0.39 is 6.10 Å². The van der Waals surface area contributed by atoms with Gasteiger partial charge in [0.15, 0.2) is 0 Å². The van der Waals surface area contributed by atoms with Crippen molar-refractivity contribution in [2.24, 2.45) is 0 Å². The van der Waals surface area contributed by atoms with Crippen LogP contribution in [-0.4, -0.2) is 48.5 Å². The van der Waals surface area contributed by atoms with E-state index in [0.717, 1.165) is 56.0 Å². The van der Waals surface area contributed by atoms with Gasteiger partial charge in [-0.2, -0.15) is 0 Å². The molecule has 0 aliphatic carbocycles. The van der Waals surface area contributed by atoms with Crippen molar-refractivity contribution in [3.8, 4) is 11.5 Å². The Labute approximate surface area is 239 Å². The molecular weight excluding hydrogens is 545 g/mol. The Morgan fingerprint density at radius 2 is 1.61 bits per heavy atom. The Hall–Kier alpha value is -2.59. The number of phenols is 1. The van der Waals surface area contributed by atoms with Crippen LogP contribution in [0.3, 0.4) is 0 Å². The van der Waals surface area contributed by atoms with Gasteiger partial charge in [-0.1, -0.05) is 59.9 Å². The first-order valence-corrected chi connectivity index (χ1v) is 13.0. The smallest absolute Gasteiger partial charge is 0.305 e. The molecule has 0 unspecified atom stereocenters. The molecule has 1 aromatic heterocycles. The summed E-state index contributed by atoms with van der Waals surface area (Å²) in [6, 6.07) is 19.9. The molecule has 4 aromatic rings. The number of hydrogen-bond acceptors (Lipinski definition) is 7. The molecule has 0 aliphatic heterocycles. The predicted octanol–water partition coefficient (Wildman–Crippen LogP) is 4.39. The largest absolute Gasteiger partial charge is 0.506 e. The van der Waals surface area contributed by atoms with Crippen LogP contribution < -0.4 is 20.2 Å². The highest BCUT2D eigenvalue weighted by atomic mass is 35.5. The number of hydrogen-bond donors (Lipinski definition) is 5. The van der Waals surface area contributed by atoms with E-state index in [0.29, 0.717) is 22.3 Å². The molecule has 38 heavy (non-hydrogen) atoms. The van der Waals surface area contributed by atoms with Crippen LogP contribution in [0.15, 0.2) is 65.5 Å². The van der Waals surface area contributed by atoms with E-state index in [2.05, 4.69) is 45.9 Å². The van der Waals surface area contributed by atoms with E-state index in [1.54, 1.807) is 13.2 Å². The number of H-pyrrole nitrogens is 1. The minimum Gasteiger partial charge on any atom is -0.506 e. The monoisotopic (exact) mass is 579 g/mol. The molecule has 0 aliphatic rings. The number of rotatable bonds is 13. The Balaban J connectivity index is 0.00000253. The number of benzene rings is 3. The topological polar surface area (TPSA) is 107 Å². The van der Waals surface area contributed by atoms with Crippen molar-refractivity contribution < 1.29 is 14.9 Å². The van der Waals surface area contributed by atoms with Crippen LogP contribution in [0.4, 0.5) is 0 Å². The fourth-order valence-electron chi connectivity index (χ4n) is 4.31. The third-order valence-corrected chi connectivity index (χ3v) is 7.15. The predicted molar refractivity (Wildman–Crippen MR) is 160 cm³/mol. The van der Waals surface area contributed by atoms with Crippen LogP contribution in [-0.2, 0) is 19.3 Å². The van der Waals surface area contributed by atoms with E-state index in [4.69, 9.17) is 4.74 Å². The van der Waals surface area contributed by atoms with Crippen molar-refractivity contribution >= 4 is 46.4 Å². The lowest BCUT2D eigenvalue weighted by Gasteiger charge is -2.14. The average molecular weight is 581 g/mol. The maximum absolute atomic E-state index is 11.7. The summed E-state index contributed by atoms with van der Waals surface area (Å²) in [5.74, 6) is 0.949. The zero-order valence-corrected chi connectivity index (χ0v) is 23.7. The van der Waals surface area contributed by atoms with E-state index >= 15 is 0 Å². The average Bonchev–Trinajstić information content (AvgIpc) is 3.29. The summed E-state index contributed by atoms with van der Waals surface area (Å²) in [6.45, 7) is 2.90. The first-order valence-electron chi connectivity index (χ1n) is 12.2. The minimum atomic E-state index is -0.771. The number of fused-ring (bicyclic) bond motifs is 1. The van der Waals surface area contributed by atoms with Gasteiger partial charge in [-0.05, 0) is 67.7 Å². The summed E-state index contributed by atoms with van der Waals surface area (Å²) >= 11 is 0.999. The number of aliphatic hydroxyl groups excluding tert-OH is 1. The zero-order chi connectivity index (χ0) is 25.3. The van der Waals surface area contributed by atoms with Gasteiger partial charge in [0, 0.05) is 12.1 Å². The van der Waals surface area contributed by atoms with Crippen LogP contribution >= 0.6 is 36.2 Å². The van der Waals surface area contributed by atoms with Gasteiger partial charge in [-0.3, -0.25) is 4.79 Å². The van der Waals surface area contributed by atoms with Crippen LogP contribution in [0.5, 0.6) is 11.5 Å². The number of aromatic amines is 1. The molecule has 10 heteroatoms. The second-order valence-electron chi connectivity index (χ2n) is 8.74. The second-order valence-corrected chi connectivity index (χ2v) is 9.73. The van der Waals surface area contributed by atoms with E-state index in [1.165, 1.54) is 22.8 Å². The number of aliphatic hydroxyl groups is 1. The number of para-hydroxylation sites is 1. The molecule has 206 valence electrons. The van der Waals surface area contributed by atoms with E-state index in [1.807, 2.05) is 18.2 Å². The molecule has 0 saturated carbocycles. The molecule has 7 nitrogen and oxygen atoms in total. The molecule has 0 fully saturated rings. The highest BCUT2D eigenvalue weighted by Gasteiger charge is 2.16. The first-order chi connectivity index (χ1) is 17.5. The van der Waals surface area contributed by atoms with Gasteiger partial charge in [0.2, 0.25) is 0 Å². The van der Waals surface area contributed by atoms with Gasteiger partial charge in [-0.15, -0.1) is 24.8 Å². The number of thiazole rings is 1. The number of halogens is 2. The molecule has 1 heterocycles. The molecule has 1 atom stereocenters. The lowest BCUT2D eigenvalue weighted by Crippen LogP contribution is -2.24. The molecular formula is C28H35Cl2N3O4S. The summed E-state index contributed by atoms with van der Waals surface area (Å²) in [5.41, 5.74) is 4.78. The van der Waals surface area contributed by atoms with Gasteiger partial charge in [-0.25, -0.2) is 0 Å². The summed E-state index contributed by atoms with van der Waals surface area (Å²) in [7, 11) is 1.71. The standard InChI is InChI=1S/C28H33N3O4S.2ClH/c1-35-25-8-3-2-7-21(25)13-16-29-14-11-19-5-4-6-20(17-19)12-15-30-18-24(33)22-9-10-23(32)26-27(22)36-28(34)31-26;;/h2-10,17,24,29-30,32-33H,11-16,18H2,1H3,(H,31,34);2*1H/t24-;;/m0../s1. The Bertz CT molecular complexity index is 1350. The highest BCUT2D eigenvalue weighted by Crippen LogP contribution is 2.31. The van der Waals surface area contributed by atoms with Crippen LogP contribution in [0.1, 0.15) is 28.4 Å². The number of ether oxygens (including phenoxy) is 1. The van der Waals surface area contributed by atoms with Crippen molar-refractivity contribution in [1.29, 1.82) is 0 Å². The van der Waals surface area contributed by atoms with Gasteiger partial charge in [0.25, 0.3) is 0 Å². The molecule has 0 radical (unpaired) electrons. The van der Waals surface area contributed by atoms with Crippen molar-refractivity contribution in [3.05, 3.63) is 92.6 Å². The number of aromatic nitrogens is 1. The fraction of sp³-hybridized carbons (Fsp3) is 0.321. The zero-order valence-electron chi connectivity index (χ0n) is 21.2. The van der Waals surface area contributed by atoms with Crippen molar-refractivity contribution in [2.45, 2.75) is 25.4 Å². The molecule has 0 saturated heterocycles. The number of aromatic hydroxyl groups is 1. The summed E-state index contributed by atoms with van der Waals surface area (Å²) in [5, 5.41) is 27.4. The summed E-state index contributed by atoms with van der Waals surface area (Å²) in [4.78, 5) is 14.1. The molecule has 0 bridgehead atoms. The van der Waals surface area contributed by atoms with Crippen LogP contribution in [0, 0.1) is 0 Å². The number of methoxy groups -OCH3 is 1. The van der Waals surface area contributed by atoms with Gasteiger partial charge >= 0.3 is 4.87 Å². The van der Waals surface area contributed by atoms with E-state index in [-0.39, 0.29) is 35.4 Å². The van der Waals surface area contributed by atoms with Crippen LogP contribution in [0.2, 0.25) is 0 Å². The lowest BCUT2D eigenvalue weighted by molar-refractivity contribution is 0.176. The number of nitrogens with one attached hydrogen (secondary N) is 3. The maximum Gasteiger partial charge on any atom is 0.305 e. The molecule has 0 spiro atoms. The Morgan fingerprint density at radius 1 is 0.921 bits per heavy atom. The summed E-state index contributed by atoms with van der Waals surface area (Å²) < 4.78 is 6.01. The van der Waals surface area contributed by atoms with Crippen LogP contribution in [0.25, 0.3) is 10.2 Å². The van der Waals surface area contributed by atoms with Crippen molar-refractivity contribution in [3.63, 3.8) is 0 Å². The first kappa shape index (κ1) is 31.6. The Kier molecular flexibility index (Phi) is 13.1. The summed E-state index contributed by atoms with van der Waals surface area (Å²) in [6.07, 6.45) is 1.97. The minimum absolute atomic E-state index is 0. The second kappa shape index (κ2) is 15.7. The lowest BCUT2D eigenvalue weighted by atomic mass is 10.1. The third-order valence-electron chi connectivity index (χ3n) is 6.22. The quantitative estimate of drug-likeness (QED) is 0.150. The van der Waals surface area contributed by atoms with E-state index in [9.17, 15) is 15.0 Å². The third kappa shape index (κ3) is 8.46. The highest BCUT2D eigenvalue weighted by molar-refractivity contribution is 7.16. The maximum atomic E-state index is 11.7. The van der Waals surface area contributed by atoms with Gasteiger partial charge < -0.3 is 30.6 Å². The fourth-order valence-corrected chi connectivity index (χ4v) is 5.23. The number of phenolic OH excluding ortho intramolecular Hbond substituents is 1. The van der Waals surface area contributed by atoms with Gasteiger partial charge in [0.05, 0.1) is 17.9 Å². The SMILES string of the molecule is COc1ccccc1CCNCCc1cccc(CCNC[C@H](O)c2ccc(O)c3[nH]c(=O)sc23)c1.Cl.Cl. The van der Waals surface area contributed by atoms with Gasteiger partial charge in [0.1, 0.15) is 17.0 Å². The molecule has 0 amide bonds. The molecule has 5 N–H and O–H groups in total. The van der Waals surface area contributed by atoms with Crippen molar-refractivity contribution in [1.82, 2.24) is 15.6 Å². The molecule has 3 aromatic carbocycles. The molecule has 4 rings (SSSR count). The Morgan fingerprint density at radius 3 is 2.34 bits per heavy atom. The van der Waals surface area contributed by atoms with Crippen molar-refractivity contribution in [2.75, 3.05) is 33.3 Å². The normalized spacial score (nSPS) is 11.5.